The summed E-state index contributed by atoms with van der Waals surface area (Å²) >= 11 is 0. The Morgan fingerprint density at radius 3 is 2.55 bits per heavy atom. The van der Waals surface area contributed by atoms with Crippen molar-refractivity contribution in [2.75, 3.05) is 11.9 Å². The van der Waals surface area contributed by atoms with Gasteiger partial charge < -0.3 is 10.2 Å². The quantitative estimate of drug-likeness (QED) is 0.888. The zero-order valence-electron chi connectivity index (χ0n) is 11.6. The third-order valence-corrected chi connectivity index (χ3v) is 3.71. The maximum Gasteiger partial charge on any atom is 0.147 e. The van der Waals surface area contributed by atoms with Crippen LogP contribution in [0.3, 0.4) is 0 Å². The van der Waals surface area contributed by atoms with Crippen LogP contribution in [0.5, 0.6) is 0 Å². The maximum absolute atomic E-state index is 14.3. The summed E-state index contributed by atoms with van der Waals surface area (Å²) in [6.45, 7) is 0.717. The van der Waals surface area contributed by atoms with E-state index in [1.165, 1.54) is 18.9 Å². The molecular weight excluding hydrogens is 251 g/mol. The van der Waals surface area contributed by atoms with Crippen LogP contribution < -0.4 is 10.2 Å². The molecule has 1 fully saturated rings. The molecule has 0 saturated heterocycles. The molecule has 0 amide bonds. The fraction of sp³-hybridized carbons (Fsp3) is 0.294. The van der Waals surface area contributed by atoms with Crippen molar-refractivity contribution in [3.05, 3.63) is 59.9 Å². The third-order valence-electron chi connectivity index (χ3n) is 3.71. The zero-order chi connectivity index (χ0) is 13.9. The highest BCUT2D eigenvalue weighted by Crippen LogP contribution is 2.30. The van der Waals surface area contributed by atoms with Gasteiger partial charge in [-0.15, -0.1) is 0 Å². The Kier molecular flexibility index (Phi) is 3.70. The second kappa shape index (κ2) is 5.63. The predicted octanol–water partition coefficient (Wildman–Crippen LogP) is 3.85. The number of halogens is 1. The van der Waals surface area contributed by atoms with E-state index in [2.05, 4.69) is 5.32 Å². The summed E-state index contributed by atoms with van der Waals surface area (Å²) in [6.07, 6.45) is 2.47. The number of para-hydroxylation sites is 2. The van der Waals surface area contributed by atoms with E-state index < -0.39 is 0 Å². The summed E-state index contributed by atoms with van der Waals surface area (Å²) < 4.78 is 14.3. The minimum absolute atomic E-state index is 0.175. The highest BCUT2D eigenvalue weighted by atomic mass is 19.1. The monoisotopic (exact) mass is 270 g/mol. The number of rotatable bonds is 5. The molecule has 1 saturated carbocycles. The molecule has 0 unspecified atom stereocenters. The molecule has 104 valence electrons. The summed E-state index contributed by atoms with van der Waals surface area (Å²) in [7, 11) is 1.91. The molecule has 1 aliphatic rings. The van der Waals surface area contributed by atoms with Gasteiger partial charge >= 0.3 is 0 Å². The molecule has 0 atom stereocenters. The number of nitrogens with zero attached hydrogens (tertiary/aromatic N) is 1. The smallest absolute Gasteiger partial charge is 0.147 e. The fourth-order valence-corrected chi connectivity index (χ4v) is 2.40. The molecule has 2 aromatic rings. The van der Waals surface area contributed by atoms with Gasteiger partial charge in [0.25, 0.3) is 0 Å². The van der Waals surface area contributed by atoms with Crippen LogP contribution >= 0.6 is 0 Å². The van der Waals surface area contributed by atoms with Crippen LogP contribution in [0.1, 0.15) is 18.4 Å². The van der Waals surface area contributed by atoms with Gasteiger partial charge in [0.05, 0.1) is 5.69 Å². The minimum Gasteiger partial charge on any atom is -0.342 e. The second-order valence-corrected chi connectivity index (χ2v) is 5.30. The predicted molar refractivity (Wildman–Crippen MR) is 80.8 cm³/mol. The lowest BCUT2D eigenvalue weighted by Gasteiger charge is -2.23. The van der Waals surface area contributed by atoms with E-state index in [9.17, 15) is 4.39 Å². The normalized spacial score (nSPS) is 14.3. The molecular formula is C17H19FN2. The average molecular weight is 270 g/mol. The lowest BCUT2D eigenvalue weighted by molar-refractivity contribution is 0.619. The number of benzene rings is 2. The molecule has 0 aromatic heterocycles. The Morgan fingerprint density at radius 2 is 1.85 bits per heavy atom. The van der Waals surface area contributed by atoms with Crippen molar-refractivity contribution in [3.8, 4) is 0 Å². The Morgan fingerprint density at radius 1 is 1.10 bits per heavy atom. The van der Waals surface area contributed by atoms with Gasteiger partial charge in [0.2, 0.25) is 0 Å². The largest absolute Gasteiger partial charge is 0.342 e. The highest BCUT2D eigenvalue weighted by Gasteiger charge is 2.21. The molecule has 20 heavy (non-hydrogen) atoms. The van der Waals surface area contributed by atoms with E-state index in [4.69, 9.17) is 0 Å². The highest BCUT2D eigenvalue weighted by molar-refractivity contribution is 5.66. The van der Waals surface area contributed by atoms with Gasteiger partial charge in [-0.1, -0.05) is 30.3 Å². The van der Waals surface area contributed by atoms with Crippen LogP contribution in [0.15, 0.2) is 48.5 Å². The first kappa shape index (κ1) is 13.1. The Labute approximate surface area is 119 Å². The molecule has 3 rings (SSSR count). The molecule has 0 heterocycles. The van der Waals surface area contributed by atoms with Crippen molar-refractivity contribution in [1.29, 1.82) is 0 Å². The molecule has 3 heteroatoms. The van der Waals surface area contributed by atoms with E-state index in [1.807, 2.05) is 48.3 Å². The number of anilines is 2. The Hall–Kier alpha value is -1.87. The molecule has 0 bridgehead atoms. The summed E-state index contributed by atoms with van der Waals surface area (Å²) in [6, 6.07) is 15.8. The fourth-order valence-electron chi connectivity index (χ4n) is 2.40. The first-order valence-electron chi connectivity index (χ1n) is 7.05. The van der Waals surface area contributed by atoms with Crippen molar-refractivity contribution < 1.29 is 4.39 Å². The Balaban J connectivity index is 1.89. The van der Waals surface area contributed by atoms with Gasteiger partial charge in [0, 0.05) is 25.3 Å². The van der Waals surface area contributed by atoms with Crippen LogP contribution in [0.4, 0.5) is 15.8 Å². The van der Waals surface area contributed by atoms with Crippen LogP contribution in [0.2, 0.25) is 0 Å². The zero-order valence-corrected chi connectivity index (χ0v) is 11.6. The SMILES string of the molecule is CN(c1ccccc1)c1c(F)cccc1CNC1CC1. The van der Waals surface area contributed by atoms with Gasteiger partial charge in [-0.05, 0) is 36.6 Å². The minimum atomic E-state index is -0.175. The number of hydrogen-bond acceptors (Lipinski definition) is 2. The van der Waals surface area contributed by atoms with E-state index in [-0.39, 0.29) is 5.82 Å². The first-order chi connectivity index (χ1) is 9.75. The molecule has 2 nitrogen and oxygen atoms in total. The topological polar surface area (TPSA) is 15.3 Å². The molecule has 0 radical (unpaired) electrons. The second-order valence-electron chi connectivity index (χ2n) is 5.30. The standard InChI is InChI=1S/C17H19FN2/c1-20(15-7-3-2-4-8-15)17-13(6-5-9-16(17)18)12-19-14-10-11-14/h2-9,14,19H,10-12H2,1H3. The van der Waals surface area contributed by atoms with Crippen LogP contribution in [0.25, 0.3) is 0 Å². The van der Waals surface area contributed by atoms with Crippen LogP contribution in [-0.4, -0.2) is 13.1 Å². The van der Waals surface area contributed by atoms with Crippen molar-refractivity contribution in [2.45, 2.75) is 25.4 Å². The first-order valence-corrected chi connectivity index (χ1v) is 7.05. The van der Waals surface area contributed by atoms with Gasteiger partial charge in [0.15, 0.2) is 0 Å². The third kappa shape index (κ3) is 2.83. The van der Waals surface area contributed by atoms with Crippen molar-refractivity contribution in [3.63, 3.8) is 0 Å². The summed E-state index contributed by atoms with van der Waals surface area (Å²) in [5.41, 5.74) is 2.65. The molecule has 1 aliphatic carbocycles. The summed E-state index contributed by atoms with van der Waals surface area (Å²) in [5.74, 6) is -0.175. The molecule has 2 aromatic carbocycles. The molecule has 0 aliphatic heterocycles. The van der Waals surface area contributed by atoms with Crippen molar-refractivity contribution >= 4 is 11.4 Å². The van der Waals surface area contributed by atoms with Crippen LogP contribution in [-0.2, 0) is 6.54 Å². The van der Waals surface area contributed by atoms with Gasteiger partial charge in [0.1, 0.15) is 5.82 Å². The van der Waals surface area contributed by atoms with Crippen molar-refractivity contribution in [1.82, 2.24) is 5.32 Å². The van der Waals surface area contributed by atoms with Gasteiger partial charge in [-0.25, -0.2) is 4.39 Å². The molecule has 0 spiro atoms. The van der Waals surface area contributed by atoms with Crippen molar-refractivity contribution in [2.24, 2.45) is 0 Å². The van der Waals surface area contributed by atoms with E-state index in [0.29, 0.717) is 11.7 Å². The van der Waals surface area contributed by atoms with Gasteiger partial charge in [-0.3, -0.25) is 0 Å². The van der Waals surface area contributed by atoms with Gasteiger partial charge in [-0.2, -0.15) is 0 Å². The summed E-state index contributed by atoms with van der Waals surface area (Å²) in [4.78, 5) is 1.92. The Bertz CT molecular complexity index is 579. The molecule has 1 N–H and O–H groups in total. The summed E-state index contributed by atoms with van der Waals surface area (Å²) in [5, 5.41) is 3.45. The van der Waals surface area contributed by atoms with E-state index in [0.717, 1.165) is 17.8 Å². The average Bonchev–Trinajstić information content (AvgIpc) is 3.30. The maximum atomic E-state index is 14.3. The van der Waals surface area contributed by atoms with Crippen LogP contribution in [0, 0.1) is 5.82 Å². The number of hydrogen-bond donors (Lipinski definition) is 1. The lowest BCUT2D eigenvalue weighted by Crippen LogP contribution is -2.20. The van der Waals surface area contributed by atoms with E-state index in [1.54, 1.807) is 6.07 Å². The lowest BCUT2D eigenvalue weighted by atomic mass is 10.1. The van der Waals surface area contributed by atoms with E-state index >= 15 is 0 Å². The number of nitrogens with one attached hydrogen (secondary N) is 1.